The smallest absolute Gasteiger partial charge is 0.323 e. The Bertz CT molecular complexity index is 439. The van der Waals surface area contributed by atoms with Crippen molar-refractivity contribution in [2.24, 2.45) is 0 Å². The van der Waals surface area contributed by atoms with Crippen LogP contribution in [-0.2, 0) is 11.3 Å². The molecule has 5 nitrogen and oxygen atoms in total. The van der Waals surface area contributed by atoms with Crippen molar-refractivity contribution in [1.82, 2.24) is 4.57 Å². The number of rotatable bonds is 2. The Labute approximate surface area is 88.3 Å². The Hall–Kier alpha value is -1.30. The maximum atomic E-state index is 11.5. The van der Waals surface area contributed by atoms with E-state index >= 15 is 0 Å². The lowest BCUT2D eigenvalue weighted by molar-refractivity contribution is -0.137. The van der Waals surface area contributed by atoms with Crippen LogP contribution < -0.4 is 11.3 Å². The molecular formula is C8H9BrN2O3. The van der Waals surface area contributed by atoms with Crippen LogP contribution in [0.1, 0.15) is 5.56 Å². The molecular weight excluding hydrogens is 252 g/mol. The van der Waals surface area contributed by atoms with Crippen molar-refractivity contribution in [2.45, 2.75) is 13.5 Å². The van der Waals surface area contributed by atoms with Gasteiger partial charge in [-0.2, -0.15) is 0 Å². The minimum Gasteiger partial charge on any atom is -0.480 e. The van der Waals surface area contributed by atoms with Gasteiger partial charge in [-0.25, -0.2) is 0 Å². The van der Waals surface area contributed by atoms with Gasteiger partial charge in [0, 0.05) is 6.20 Å². The first kappa shape index (κ1) is 10.8. The molecule has 0 spiro atoms. The molecule has 1 rings (SSSR count). The van der Waals surface area contributed by atoms with Crippen LogP contribution in [0.3, 0.4) is 0 Å². The lowest BCUT2D eigenvalue weighted by Crippen LogP contribution is -2.25. The van der Waals surface area contributed by atoms with Gasteiger partial charge in [-0.05, 0) is 28.4 Å². The fourth-order valence-electron chi connectivity index (χ4n) is 1.000. The molecule has 0 bridgehead atoms. The largest absolute Gasteiger partial charge is 0.480 e. The van der Waals surface area contributed by atoms with Crippen LogP contribution in [0.25, 0.3) is 0 Å². The molecule has 0 saturated heterocycles. The zero-order chi connectivity index (χ0) is 10.9. The first-order valence-corrected chi connectivity index (χ1v) is 4.59. The van der Waals surface area contributed by atoms with Gasteiger partial charge in [0.05, 0.1) is 10.2 Å². The lowest BCUT2D eigenvalue weighted by atomic mass is 10.2. The van der Waals surface area contributed by atoms with Gasteiger partial charge < -0.3 is 15.4 Å². The normalized spacial score (nSPS) is 10.1. The Balaban J connectivity index is 3.33. The van der Waals surface area contributed by atoms with E-state index in [-0.39, 0.29) is 12.1 Å². The van der Waals surface area contributed by atoms with Crippen LogP contribution in [0.4, 0.5) is 5.69 Å². The number of hydrogen-bond acceptors (Lipinski definition) is 3. The van der Waals surface area contributed by atoms with Crippen LogP contribution in [0.15, 0.2) is 15.5 Å². The highest BCUT2D eigenvalue weighted by atomic mass is 79.9. The second-order valence-corrected chi connectivity index (χ2v) is 3.64. The molecule has 1 aromatic rings. The van der Waals surface area contributed by atoms with E-state index in [1.54, 1.807) is 6.92 Å². The summed E-state index contributed by atoms with van der Waals surface area (Å²) in [5, 5.41) is 8.53. The first-order valence-electron chi connectivity index (χ1n) is 3.80. The summed E-state index contributed by atoms with van der Waals surface area (Å²) in [4.78, 5) is 21.9. The molecule has 76 valence electrons. The van der Waals surface area contributed by atoms with E-state index in [2.05, 4.69) is 15.9 Å². The Morgan fingerprint density at radius 1 is 1.71 bits per heavy atom. The molecule has 3 N–H and O–H groups in total. The molecule has 1 aromatic heterocycles. The quantitative estimate of drug-likeness (QED) is 0.815. The van der Waals surface area contributed by atoms with Crippen LogP contribution in [-0.4, -0.2) is 15.6 Å². The summed E-state index contributed by atoms with van der Waals surface area (Å²) in [6, 6.07) is 0. The summed E-state index contributed by atoms with van der Waals surface area (Å²) >= 11 is 3.06. The monoisotopic (exact) mass is 260 g/mol. The number of carbonyl (C=O) groups is 1. The molecule has 0 fully saturated rings. The summed E-state index contributed by atoms with van der Waals surface area (Å²) in [6.07, 6.45) is 1.33. The van der Waals surface area contributed by atoms with Crippen molar-refractivity contribution in [3.63, 3.8) is 0 Å². The second kappa shape index (κ2) is 3.83. The average molecular weight is 261 g/mol. The molecule has 0 radical (unpaired) electrons. The third-order valence-electron chi connectivity index (χ3n) is 1.81. The van der Waals surface area contributed by atoms with Gasteiger partial charge in [0.1, 0.15) is 6.54 Å². The number of carboxylic acids is 1. The minimum absolute atomic E-state index is 0.304. The predicted molar refractivity (Wildman–Crippen MR) is 55.2 cm³/mol. The van der Waals surface area contributed by atoms with Crippen LogP contribution in [0.5, 0.6) is 0 Å². The number of nitrogen functional groups attached to an aromatic ring is 1. The molecule has 0 unspecified atom stereocenters. The average Bonchev–Trinajstić information content (AvgIpc) is 2.10. The van der Waals surface area contributed by atoms with Crippen molar-refractivity contribution in [3.05, 3.63) is 26.6 Å². The van der Waals surface area contributed by atoms with Crippen molar-refractivity contribution >= 4 is 27.6 Å². The zero-order valence-electron chi connectivity index (χ0n) is 7.45. The molecule has 0 saturated carbocycles. The maximum absolute atomic E-state index is 11.5. The summed E-state index contributed by atoms with van der Waals surface area (Å²) in [7, 11) is 0. The van der Waals surface area contributed by atoms with Crippen molar-refractivity contribution in [2.75, 3.05) is 5.73 Å². The van der Waals surface area contributed by atoms with E-state index in [0.29, 0.717) is 15.7 Å². The van der Waals surface area contributed by atoms with Gasteiger partial charge in [0.15, 0.2) is 0 Å². The van der Waals surface area contributed by atoms with E-state index < -0.39 is 5.97 Å². The van der Waals surface area contributed by atoms with Gasteiger partial charge >= 0.3 is 5.97 Å². The van der Waals surface area contributed by atoms with Crippen molar-refractivity contribution in [1.29, 1.82) is 0 Å². The number of aromatic nitrogens is 1. The molecule has 0 atom stereocenters. The Morgan fingerprint density at radius 2 is 2.29 bits per heavy atom. The maximum Gasteiger partial charge on any atom is 0.323 e. The third-order valence-corrected chi connectivity index (χ3v) is 2.75. The number of hydrogen-bond donors (Lipinski definition) is 2. The van der Waals surface area contributed by atoms with E-state index in [9.17, 15) is 9.59 Å². The number of carboxylic acid groups (broad SMARTS) is 1. The summed E-state index contributed by atoms with van der Waals surface area (Å²) in [5.41, 5.74) is 6.20. The summed E-state index contributed by atoms with van der Waals surface area (Å²) in [6.45, 7) is 1.30. The number of anilines is 1. The van der Waals surface area contributed by atoms with Crippen LogP contribution in [0.2, 0.25) is 0 Å². The second-order valence-electron chi connectivity index (χ2n) is 2.85. The minimum atomic E-state index is -1.08. The van der Waals surface area contributed by atoms with Gasteiger partial charge in [0.25, 0.3) is 5.56 Å². The molecule has 0 aliphatic heterocycles. The highest BCUT2D eigenvalue weighted by molar-refractivity contribution is 9.10. The number of nitrogens with zero attached hydrogens (tertiary/aromatic N) is 1. The molecule has 0 aromatic carbocycles. The molecule has 0 aliphatic rings. The van der Waals surface area contributed by atoms with E-state index in [4.69, 9.17) is 10.8 Å². The lowest BCUT2D eigenvalue weighted by Gasteiger charge is -2.07. The number of aliphatic carboxylic acids is 1. The van der Waals surface area contributed by atoms with Gasteiger partial charge in [-0.1, -0.05) is 0 Å². The van der Waals surface area contributed by atoms with E-state index in [1.807, 2.05) is 0 Å². The van der Waals surface area contributed by atoms with Crippen LogP contribution >= 0.6 is 15.9 Å². The van der Waals surface area contributed by atoms with Crippen LogP contribution in [0, 0.1) is 6.92 Å². The summed E-state index contributed by atoms with van der Waals surface area (Å²) < 4.78 is 1.35. The molecule has 0 amide bonds. The summed E-state index contributed by atoms with van der Waals surface area (Å²) in [5.74, 6) is -1.08. The number of halogens is 1. The Kier molecular flexibility index (Phi) is 2.95. The van der Waals surface area contributed by atoms with Gasteiger partial charge in [0.2, 0.25) is 0 Å². The number of pyridine rings is 1. The van der Waals surface area contributed by atoms with Gasteiger partial charge in [-0.3, -0.25) is 9.59 Å². The standard InChI is InChI=1S/C8H9BrN2O3/c1-4-5(10)2-11(3-6(12)13)8(14)7(4)9/h2H,3,10H2,1H3,(H,12,13). The highest BCUT2D eigenvalue weighted by Crippen LogP contribution is 2.16. The topological polar surface area (TPSA) is 85.3 Å². The van der Waals surface area contributed by atoms with Gasteiger partial charge in [-0.15, -0.1) is 0 Å². The van der Waals surface area contributed by atoms with Crippen molar-refractivity contribution < 1.29 is 9.90 Å². The zero-order valence-corrected chi connectivity index (χ0v) is 9.04. The van der Waals surface area contributed by atoms with E-state index in [1.165, 1.54) is 6.20 Å². The fraction of sp³-hybridized carbons (Fsp3) is 0.250. The number of nitrogens with two attached hydrogens (primary N) is 1. The highest BCUT2D eigenvalue weighted by Gasteiger charge is 2.09. The molecule has 1 heterocycles. The Morgan fingerprint density at radius 3 is 2.79 bits per heavy atom. The molecule has 6 heteroatoms. The third kappa shape index (κ3) is 1.95. The SMILES string of the molecule is Cc1c(N)cn(CC(=O)O)c(=O)c1Br. The van der Waals surface area contributed by atoms with Crippen molar-refractivity contribution in [3.8, 4) is 0 Å². The first-order chi connectivity index (χ1) is 6.43. The fourth-order valence-corrected chi connectivity index (χ4v) is 1.46. The van der Waals surface area contributed by atoms with E-state index in [0.717, 1.165) is 4.57 Å². The molecule has 14 heavy (non-hydrogen) atoms. The predicted octanol–water partition coefficient (Wildman–Crippen LogP) is 0.586. The molecule has 0 aliphatic carbocycles.